The molecule has 2 N–H and O–H groups in total. The summed E-state index contributed by atoms with van der Waals surface area (Å²) in [6.45, 7) is 0. The smallest absolute Gasteiger partial charge is 0.120 e. The summed E-state index contributed by atoms with van der Waals surface area (Å²) in [4.78, 5) is 15.1. The minimum absolute atomic E-state index is 0.603. The maximum absolute atomic E-state index is 5.15. The van der Waals surface area contributed by atoms with Crippen molar-refractivity contribution >= 4 is 39.2 Å². The lowest BCUT2D eigenvalue weighted by atomic mass is 10.3. The third kappa shape index (κ3) is 2.21. The zero-order valence-corrected chi connectivity index (χ0v) is 11.7. The van der Waals surface area contributed by atoms with Crippen LogP contribution in [-0.2, 0) is 6.42 Å². The number of rotatable bonds is 2. The number of hydrogen-bond acceptors (Lipinski definition) is 3. The van der Waals surface area contributed by atoms with Gasteiger partial charge in [0.2, 0.25) is 0 Å². The highest BCUT2D eigenvalue weighted by Gasteiger charge is 2.05. The first kappa shape index (κ1) is 11.6. The van der Waals surface area contributed by atoms with Gasteiger partial charge in [0.15, 0.2) is 0 Å². The first-order valence-corrected chi connectivity index (χ1v) is 6.60. The fraction of sp³-hybridized carbons (Fsp3) is 0.0833. The fourth-order valence-corrected chi connectivity index (χ4v) is 2.13. The Labute approximate surface area is 117 Å². The molecule has 0 amide bonds. The summed E-state index contributed by atoms with van der Waals surface area (Å²) in [5.74, 6) is 1.67. The quantitative estimate of drug-likeness (QED) is 0.712. The van der Waals surface area contributed by atoms with Gasteiger partial charge in [-0.25, -0.2) is 9.97 Å². The van der Waals surface area contributed by atoms with Crippen molar-refractivity contribution in [2.75, 3.05) is 0 Å². The minimum atomic E-state index is 0.603. The van der Waals surface area contributed by atoms with E-state index in [0.717, 1.165) is 27.2 Å². The standard InChI is InChI=1S/C12H9BrN4S/c13-7-6-14-10(17-12(7)18)5-11-15-8-3-1-2-4-9(8)16-11/h1-4,6H,5H2,(H,15,16)(H,14,17,18). The maximum Gasteiger partial charge on any atom is 0.120 e. The van der Waals surface area contributed by atoms with Gasteiger partial charge in [0.1, 0.15) is 16.3 Å². The molecular formula is C12H9BrN4S. The third-order valence-electron chi connectivity index (χ3n) is 2.58. The number of halogens is 1. The van der Waals surface area contributed by atoms with Crippen LogP contribution in [0.1, 0.15) is 11.6 Å². The zero-order chi connectivity index (χ0) is 12.5. The Morgan fingerprint density at radius 2 is 2.00 bits per heavy atom. The molecule has 90 valence electrons. The molecule has 0 radical (unpaired) electrons. The molecule has 4 nitrogen and oxygen atoms in total. The van der Waals surface area contributed by atoms with Crippen molar-refractivity contribution in [3.8, 4) is 0 Å². The van der Waals surface area contributed by atoms with E-state index in [-0.39, 0.29) is 0 Å². The number of aromatic nitrogens is 4. The van der Waals surface area contributed by atoms with Crippen molar-refractivity contribution in [1.82, 2.24) is 19.9 Å². The molecule has 18 heavy (non-hydrogen) atoms. The second-order valence-electron chi connectivity index (χ2n) is 3.88. The lowest BCUT2D eigenvalue weighted by Crippen LogP contribution is -1.98. The molecular weight excluding hydrogens is 312 g/mol. The average Bonchev–Trinajstić information content (AvgIpc) is 2.76. The summed E-state index contributed by atoms with van der Waals surface area (Å²) < 4.78 is 1.45. The number of H-pyrrole nitrogens is 2. The second-order valence-corrected chi connectivity index (χ2v) is 5.15. The van der Waals surface area contributed by atoms with Crippen LogP contribution in [-0.4, -0.2) is 19.9 Å². The molecule has 3 rings (SSSR count). The van der Waals surface area contributed by atoms with Crippen LogP contribution < -0.4 is 0 Å². The van der Waals surface area contributed by atoms with Crippen molar-refractivity contribution in [3.63, 3.8) is 0 Å². The number of fused-ring (bicyclic) bond motifs is 1. The van der Waals surface area contributed by atoms with Crippen molar-refractivity contribution in [3.05, 3.63) is 51.2 Å². The van der Waals surface area contributed by atoms with Gasteiger partial charge in [-0.05, 0) is 28.1 Å². The summed E-state index contributed by atoms with van der Waals surface area (Å²) in [7, 11) is 0. The van der Waals surface area contributed by atoms with Gasteiger partial charge in [-0.3, -0.25) is 0 Å². The van der Waals surface area contributed by atoms with Crippen LogP contribution in [0.25, 0.3) is 11.0 Å². The van der Waals surface area contributed by atoms with Gasteiger partial charge in [0.25, 0.3) is 0 Å². The second kappa shape index (κ2) is 4.62. The maximum atomic E-state index is 5.15. The molecule has 2 aromatic heterocycles. The Morgan fingerprint density at radius 1 is 1.17 bits per heavy atom. The van der Waals surface area contributed by atoms with E-state index in [2.05, 4.69) is 35.9 Å². The van der Waals surface area contributed by atoms with E-state index in [1.807, 2.05) is 24.3 Å². The molecule has 0 saturated carbocycles. The van der Waals surface area contributed by atoms with Crippen LogP contribution >= 0.6 is 28.1 Å². The van der Waals surface area contributed by atoms with Gasteiger partial charge in [-0.2, -0.15) is 0 Å². The molecule has 3 aromatic rings. The van der Waals surface area contributed by atoms with E-state index in [0.29, 0.717) is 11.1 Å². The predicted molar refractivity (Wildman–Crippen MR) is 76.0 cm³/mol. The molecule has 0 aliphatic carbocycles. The summed E-state index contributed by atoms with van der Waals surface area (Å²) in [6, 6.07) is 7.93. The normalized spacial score (nSPS) is 10.9. The molecule has 0 fully saturated rings. The molecule has 2 heterocycles. The highest BCUT2D eigenvalue weighted by Crippen LogP contribution is 2.13. The van der Waals surface area contributed by atoms with Crippen LogP contribution in [0, 0.1) is 4.64 Å². The molecule has 0 unspecified atom stereocenters. The highest BCUT2D eigenvalue weighted by molar-refractivity contribution is 9.10. The predicted octanol–water partition coefficient (Wildman–Crippen LogP) is 3.37. The lowest BCUT2D eigenvalue weighted by Gasteiger charge is -1.98. The number of para-hydroxylation sites is 2. The molecule has 0 aliphatic heterocycles. The third-order valence-corrected chi connectivity index (χ3v) is 3.77. The van der Waals surface area contributed by atoms with Crippen LogP contribution in [0.15, 0.2) is 34.9 Å². The average molecular weight is 321 g/mol. The van der Waals surface area contributed by atoms with Gasteiger partial charge >= 0.3 is 0 Å². The summed E-state index contributed by atoms with van der Waals surface area (Å²) in [6.07, 6.45) is 2.31. The number of hydrogen-bond donors (Lipinski definition) is 2. The van der Waals surface area contributed by atoms with Gasteiger partial charge in [-0.15, -0.1) is 0 Å². The van der Waals surface area contributed by atoms with E-state index >= 15 is 0 Å². The number of nitrogens with one attached hydrogen (secondary N) is 2. The van der Waals surface area contributed by atoms with Crippen LogP contribution in [0.5, 0.6) is 0 Å². The van der Waals surface area contributed by atoms with Crippen molar-refractivity contribution in [2.24, 2.45) is 0 Å². The number of aromatic amines is 2. The van der Waals surface area contributed by atoms with E-state index < -0.39 is 0 Å². The minimum Gasteiger partial charge on any atom is -0.342 e. The van der Waals surface area contributed by atoms with Gasteiger partial charge < -0.3 is 9.97 Å². The lowest BCUT2D eigenvalue weighted by molar-refractivity contribution is 0.907. The summed E-state index contributed by atoms with van der Waals surface area (Å²) in [5, 5.41) is 0. The molecule has 0 aliphatic rings. The monoisotopic (exact) mass is 320 g/mol. The highest BCUT2D eigenvalue weighted by atomic mass is 79.9. The summed E-state index contributed by atoms with van der Waals surface area (Å²) in [5.41, 5.74) is 1.99. The number of nitrogens with zero attached hydrogens (tertiary/aromatic N) is 2. The molecule has 1 aromatic carbocycles. The Balaban J connectivity index is 1.96. The molecule has 6 heteroatoms. The Bertz CT molecular complexity index is 729. The van der Waals surface area contributed by atoms with E-state index in [1.54, 1.807) is 6.20 Å². The fourth-order valence-electron chi connectivity index (χ4n) is 1.75. The van der Waals surface area contributed by atoms with Gasteiger partial charge in [-0.1, -0.05) is 24.4 Å². The van der Waals surface area contributed by atoms with Crippen LogP contribution in [0.4, 0.5) is 0 Å². The van der Waals surface area contributed by atoms with E-state index in [1.165, 1.54) is 0 Å². The Kier molecular flexibility index (Phi) is 2.97. The number of imidazole rings is 1. The van der Waals surface area contributed by atoms with Crippen molar-refractivity contribution in [2.45, 2.75) is 6.42 Å². The SMILES string of the molecule is S=c1[nH]c(Cc2nc3ccccc3[nH]2)ncc1Br. The molecule has 0 bridgehead atoms. The van der Waals surface area contributed by atoms with Crippen LogP contribution in [0.3, 0.4) is 0 Å². The van der Waals surface area contributed by atoms with E-state index in [9.17, 15) is 0 Å². The molecule has 0 saturated heterocycles. The van der Waals surface area contributed by atoms with Crippen molar-refractivity contribution < 1.29 is 0 Å². The number of benzene rings is 1. The van der Waals surface area contributed by atoms with Gasteiger partial charge in [0, 0.05) is 6.20 Å². The molecule has 0 atom stereocenters. The summed E-state index contributed by atoms with van der Waals surface area (Å²) >= 11 is 8.47. The Morgan fingerprint density at radius 3 is 2.78 bits per heavy atom. The topological polar surface area (TPSA) is 57.4 Å². The largest absolute Gasteiger partial charge is 0.342 e. The van der Waals surface area contributed by atoms with E-state index in [4.69, 9.17) is 12.2 Å². The molecule has 0 spiro atoms. The Hall–Kier alpha value is -1.53. The van der Waals surface area contributed by atoms with Crippen LogP contribution in [0.2, 0.25) is 0 Å². The zero-order valence-electron chi connectivity index (χ0n) is 9.27. The first-order chi connectivity index (χ1) is 8.72. The van der Waals surface area contributed by atoms with Crippen molar-refractivity contribution in [1.29, 1.82) is 0 Å². The van der Waals surface area contributed by atoms with Gasteiger partial charge in [0.05, 0.1) is 21.9 Å². The first-order valence-electron chi connectivity index (χ1n) is 5.40.